The largest absolute Gasteiger partial charge is 0.493 e. The summed E-state index contributed by atoms with van der Waals surface area (Å²) >= 11 is 1.81. The van der Waals surface area contributed by atoms with Crippen LogP contribution in [0.15, 0.2) is 36.7 Å². The molecule has 170 valence electrons. The lowest BCUT2D eigenvalue weighted by Crippen LogP contribution is -2.49. The van der Waals surface area contributed by atoms with Gasteiger partial charge < -0.3 is 19.8 Å². The Morgan fingerprint density at radius 3 is 2.72 bits per heavy atom. The fourth-order valence-corrected chi connectivity index (χ4v) is 5.88. The predicted molar refractivity (Wildman–Crippen MR) is 117 cm³/mol. The smallest absolute Gasteiger partial charge is 0.431 e. The van der Waals surface area contributed by atoms with E-state index < -0.39 is 11.9 Å². The topological polar surface area (TPSA) is 72.1 Å². The third-order valence-electron chi connectivity index (χ3n) is 6.52. The number of aromatic amines is 1. The number of benzene rings is 1. The van der Waals surface area contributed by atoms with E-state index in [0.29, 0.717) is 31.0 Å². The standard InChI is InChI=1S/C22H23F3N4O2S/c1-32-21(6-8-30-9-7-21)15-11-31-16-5-3-2-4-13(16)18(15)29-20-14-10-17(22(23,24)25)28-19(14)26-12-27-20/h2-5,10,12,15,18H,6-9,11H2,1H3,(H2,26,27,28,29). The second kappa shape index (κ2) is 8.15. The molecule has 1 fully saturated rings. The first-order chi connectivity index (χ1) is 15.4. The average Bonchev–Trinajstić information content (AvgIpc) is 3.26. The summed E-state index contributed by atoms with van der Waals surface area (Å²) in [7, 11) is 0. The number of aromatic nitrogens is 3. The molecule has 2 aliphatic rings. The molecule has 1 saturated heterocycles. The molecule has 0 spiro atoms. The van der Waals surface area contributed by atoms with Crippen molar-refractivity contribution < 1.29 is 22.6 Å². The van der Waals surface area contributed by atoms with Crippen LogP contribution in [-0.4, -0.2) is 45.8 Å². The normalized spacial score (nSPS) is 22.9. The van der Waals surface area contributed by atoms with Gasteiger partial charge in [-0.3, -0.25) is 0 Å². The van der Waals surface area contributed by atoms with E-state index in [0.717, 1.165) is 30.2 Å². The maximum absolute atomic E-state index is 13.3. The first-order valence-electron chi connectivity index (χ1n) is 10.4. The van der Waals surface area contributed by atoms with Gasteiger partial charge in [0.1, 0.15) is 29.2 Å². The number of thioether (sulfide) groups is 1. The van der Waals surface area contributed by atoms with E-state index in [9.17, 15) is 13.2 Å². The Kier molecular flexibility index (Phi) is 5.45. The van der Waals surface area contributed by atoms with E-state index in [2.05, 4.69) is 26.5 Å². The summed E-state index contributed by atoms with van der Waals surface area (Å²) in [5, 5.41) is 3.79. The molecule has 2 aromatic heterocycles. The van der Waals surface area contributed by atoms with Gasteiger partial charge in [0.15, 0.2) is 0 Å². The number of hydrogen-bond donors (Lipinski definition) is 2. The van der Waals surface area contributed by atoms with Crippen molar-refractivity contribution in [1.29, 1.82) is 0 Å². The molecule has 2 aliphatic heterocycles. The van der Waals surface area contributed by atoms with Crippen molar-refractivity contribution in [2.75, 3.05) is 31.4 Å². The zero-order valence-electron chi connectivity index (χ0n) is 17.4. The first-order valence-corrected chi connectivity index (χ1v) is 11.7. The molecular weight excluding hydrogens is 441 g/mol. The van der Waals surface area contributed by atoms with Crippen LogP contribution >= 0.6 is 11.8 Å². The van der Waals surface area contributed by atoms with Gasteiger partial charge in [-0.05, 0) is 31.2 Å². The Morgan fingerprint density at radius 1 is 1.19 bits per heavy atom. The fraction of sp³-hybridized carbons (Fsp3) is 0.455. The van der Waals surface area contributed by atoms with Crippen LogP contribution in [0.5, 0.6) is 5.75 Å². The molecule has 0 bridgehead atoms. The van der Waals surface area contributed by atoms with Crippen molar-refractivity contribution in [3.63, 3.8) is 0 Å². The number of alkyl halides is 3. The van der Waals surface area contributed by atoms with Crippen LogP contribution < -0.4 is 10.1 Å². The van der Waals surface area contributed by atoms with Crippen molar-refractivity contribution >= 4 is 28.6 Å². The lowest BCUT2D eigenvalue weighted by atomic mass is 9.76. The van der Waals surface area contributed by atoms with Crippen LogP contribution in [0.3, 0.4) is 0 Å². The Labute approximate surface area is 187 Å². The lowest BCUT2D eigenvalue weighted by molar-refractivity contribution is -0.140. The molecule has 2 N–H and O–H groups in total. The number of ether oxygens (including phenoxy) is 2. The van der Waals surface area contributed by atoms with E-state index in [1.807, 2.05) is 36.0 Å². The summed E-state index contributed by atoms with van der Waals surface area (Å²) in [5.74, 6) is 1.22. The van der Waals surface area contributed by atoms with E-state index in [4.69, 9.17) is 9.47 Å². The molecule has 2 atom stereocenters. The molecule has 0 saturated carbocycles. The summed E-state index contributed by atoms with van der Waals surface area (Å²) in [5.41, 5.74) is 0.282. The quantitative estimate of drug-likeness (QED) is 0.563. The predicted octanol–water partition coefficient (Wildman–Crippen LogP) is 5.05. The number of nitrogens with zero attached hydrogens (tertiary/aromatic N) is 2. The minimum absolute atomic E-state index is 0.0716. The molecule has 3 aromatic rings. The highest BCUT2D eigenvalue weighted by molar-refractivity contribution is 8.00. The van der Waals surface area contributed by atoms with Gasteiger partial charge in [-0.25, -0.2) is 9.97 Å². The van der Waals surface area contributed by atoms with Crippen molar-refractivity contribution in [3.05, 3.63) is 47.9 Å². The Morgan fingerprint density at radius 2 is 1.97 bits per heavy atom. The number of nitrogens with one attached hydrogen (secondary N) is 2. The van der Waals surface area contributed by atoms with Crippen LogP contribution in [0.4, 0.5) is 19.0 Å². The Bertz CT molecular complexity index is 1110. The van der Waals surface area contributed by atoms with Crippen LogP contribution in [0.25, 0.3) is 11.0 Å². The molecule has 1 aromatic carbocycles. The molecule has 0 aliphatic carbocycles. The second-order valence-corrected chi connectivity index (χ2v) is 9.35. The molecular formula is C22H23F3N4O2S. The lowest BCUT2D eigenvalue weighted by Gasteiger charge is -2.47. The van der Waals surface area contributed by atoms with Gasteiger partial charge >= 0.3 is 6.18 Å². The van der Waals surface area contributed by atoms with E-state index in [1.54, 1.807) is 0 Å². The average molecular weight is 465 g/mol. The van der Waals surface area contributed by atoms with Crippen LogP contribution in [-0.2, 0) is 10.9 Å². The van der Waals surface area contributed by atoms with Crippen LogP contribution in [0.2, 0.25) is 0 Å². The number of rotatable bonds is 4. The Hall–Kier alpha value is -2.46. The minimum atomic E-state index is -4.49. The monoisotopic (exact) mass is 464 g/mol. The molecule has 10 heteroatoms. The summed E-state index contributed by atoms with van der Waals surface area (Å²) in [6.45, 7) is 1.86. The highest BCUT2D eigenvalue weighted by Gasteiger charge is 2.47. The summed E-state index contributed by atoms with van der Waals surface area (Å²) in [6.07, 6.45) is 0.652. The maximum atomic E-state index is 13.3. The van der Waals surface area contributed by atoms with Crippen molar-refractivity contribution in [2.24, 2.45) is 5.92 Å². The van der Waals surface area contributed by atoms with Gasteiger partial charge in [0.2, 0.25) is 0 Å². The molecule has 2 unspecified atom stereocenters. The number of para-hydroxylation sites is 1. The van der Waals surface area contributed by atoms with Gasteiger partial charge in [-0.2, -0.15) is 24.9 Å². The van der Waals surface area contributed by atoms with E-state index in [-0.39, 0.29) is 22.4 Å². The molecule has 0 amide bonds. The first kappa shape index (κ1) is 21.4. The molecule has 32 heavy (non-hydrogen) atoms. The SMILES string of the molecule is CSC1(C2COc3ccccc3C2Nc2ncnc3[nH]c(C(F)(F)F)cc23)CCOCC1. The van der Waals surface area contributed by atoms with Gasteiger partial charge in [-0.1, -0.05) is 18.2 Å². The fourth-order valence-electron chi connectivity index (χ4n) is 4.79. The van der Waals surface area contributed by atoms with Crippen LogP contribution in [0, 0.1) is 5.92 Å². The number of H-pyrrole nitrogens is 1. The zero-order valence-corrected chi connectivity index (χ0v) is 18.2. The molecule has 4 heterocycles. The van der Waals surface area contributed by atoms with Gasteiger partial charge in [-0.15, -0.1) is 0 Å². The number of hydrogen-bond acceptors (Lipinski definition) is 6. The summed E-state index contributed by atoms with van der Waals surface area (Å²) in [4.78, 5) is 10.7. The van der Waals surface area contributed by atoms with Crippen molar-refractivity contribution in [3.8, 4) is 5.75 Å². The second-order valence-electron chi connectivity index (χ2n) is 8.12. The molecule has 0 radical (unpaired) electrons. The molecule has 5 rings (SSSR count). The summed E-state index contributed by atoms with van der Waals surface area (Å²) in [6, 6.07) is 8.67. The highest BCUT2D eigenvalue weighted by Crippen LogP contribution is 2.50. The van der Waals surface area contributed by atoms with E-state index in [1.165, 1.54) is 6.33 Å². The minimum Gasteiger partial charge on any atom is -0.493 e. The number of fused-ring (bicyclic) bond motifs is 2. The zero-order chi connectivity index (χ0) is 22.3. The summed E-state index contributed by atoms with van der Waals surface area (Å²) < 4.78 is 51.5. The maximum Gasteiger partial charge on any atom is 0.431 e. The van der Waals surface area contributed by atoms with Crippen LogP contribution in [0.1, 0.15) is 30.1 Å². The third-order valence-corrected chi connectivity index (χ3v) is 8.04. The van der Waals surface area contributed by atoms with Gasteiger partial charge in [0, 0.05) is 29.4 Å². The van der Waals surface area contributed by atoms with Crippen molar-refractivity contribution in [2.45, 2.75) is 29.8 Å². The van der Waals surface area contributed by atoms with E-state index >= 15 is 0 Å². The van der Waals surface area contributed by atoms with Crippen molar-refractivity contribution in [1.82, 2.24) is 15.0 Å². The van der Waals surface area contributed by atoms with Gasteiger partial charge in [0.25, 0.3) is 0 Å². The number of halogens is 3. The van der Waals surface area contributed by atoms with Gasteiger partial charge in [0.05, 0.1) is 18.0 Å². The Balaban J connectivity index is 1.58. The molecule has 6 nitrogen and oxygen atoms in total. The number of anilines is 1. The highest BCUT2D eigenvalue weighted by atomic mass is 32.2. The third kappa shape index (κ3) is 3.69.